The molecule has 1 aliphatic carbocycles. The van der Waals surface area contributed by atoms with Gasteiger partial charge in [-0.3, -0.25) is 4.79 Å². The molecule has 0 amide bonds. The van der Waals surface area contributed by atoms with Gasteiger partial charge in [0.05, 0.1) is 6.26 Å². The third-order valence-electron chi connectivity index (χ3n) is 2.10. The summed E-state index contributed by atoms with van der Waals surface area (Å²) in [6.45, 7) is 2.00. The van der Waals surface area contributed by atoms with Crippen LogP contribution in [0, 0.1) is 5.92 Å². The van der Waals surface area contributed by atoms with Gasteiger partial charge in [0.25, 0.3) is 0 Å². The Bertz CT molecular complexity index is 170. The number of aliphatic hydroxyl groups is 1. The highest BCUT2D eigenvalue weighted by molar-refractivity contribution is 5.98. The van der Waals surface area contributed by atoms with Crippen molar-refractivity contribution in [2.45, 2.75) is 26.2 Å². The molecule has 0 heterocycles. The van der Waals surface area contributed by atoms with E-state index in [0.717, 1.165) is 25.5 Å². The molecule has 1 saturated carbocycles. The van der Waals surface area contributed by atoms with Crippen molar-refractivity contribution in [1.82, 2.24) is 0 Å². The van der Waals surface area contributed by atoms with Crippen LogP contribution in [0.4, 0.5) is 0 Å². The summed E-state index contributed by atoms with van der Waals surface area (Å²) in [4.78, 5) is 11.1. The zero-order valence-corrected chi connectivity index (χ0v) is 6.13. The van der Waals surface area contributed by atoms with E-state index in [1.807, 2.05) is 6.92 Å². The molecular formula is C8H12O2. The molecule has 1 rings (SSSR count). The van der Waals surface area contributed by atoms with Gasteiger partial charge in [0.2, 0.25) is 0 Å². The molecule has 0 aliphatic heterocycles. The minimum atomic E-state index is 0.144. The largest absolute Gasteiger partial charge is 0.515 e. The quantitative estimate of drug-likeness (QED) is 0.445. The van der Waals surface area contributed by atoms with Crippen molar-refractivity contribution >= 4 is 5.78 Å². The lowest BCUT2D eigenvalue weighted by Gasteiger charge is -1.99. The Hall–Kier alpha value is -0.790. The monoisotopic (exact) mass is 140 g/mol. The fraction of sp³-hybridized carbons (Fsp3) is 0.625. The molecule has 0 aromatic rings. The molecule has 1 unspecified atom stereocenters. The third-order valence-corrected chi connectivity index (χ3v) is 2.10. The van der Waals surface area contributed by atoms with Crippen molar-refractivity contribution in [2.24, 2.45) is 5.92 Å². The maximum Gasteiger partial charge on any atom is 0.164 e. The van der Waals surface area contributed by atoms with E-state index in [1.165, 1.54) is 0 Å². The number of hydrogen-bond donors (Lipinski definition) is 1. The summed E-state index contributed by atoms with van der Waals surface area (Å²) < 4.78 is 0. The van der Waals surface area contributed by atoms with Crippen LogP contribution in [0.2, 0.25) is 0 Å². The second kappa shape index (κ2) is 2.86. The average molecular weight is 140 g/mol. The molecule has 0 aromatic heterocycles. The molecule has 0 saturated heterocycles. The summed E-state index contributed by atoms with van der Waals surface area (Å²) in [6.07, 6.45) is 3.53. The highest BCUT2D eigenvalue weighted by Gasteiger charge is 2.27. The SMILES string of the molecule is CCC1CCC(=CO)C1=O. The third kappa shape index (κ3) is 1.06. The van der Waals surface area contributed by atoms with E-state index in [0.29, 0.717) is 5.57 Å². The van der Waals surface area contributed by atoms with Crippen LogP contribution >= 0.6 is 0 Å². The van der Waals surface area contributed by atoms with Crippen molar-refractivity contribution in [3.63, 3.8) is 0 Å². The first-order valence-electron chi connectivity index (χ1n) is 3.67. The van der Waals surface area contributed by atoms with Crippen LogP contribution in [0.5, 0.6) is 0 Å². The number of hydrogen-bond acceptors (Lipinski definition) is 2. The van der Waals surface area contributed by atoms with Crippen molar-refractivity contribution in [3.8, 4) is 0 Å². The Kier molecular flexibility index (Phi) is 2.10. The van der Waals surface area contributed by atoms with Gasteiger partial charge in [0.15, 0.2) is 5.78 Å². The van der Waals surface area contributed by atoms with Crippen molar-refractivity contribution in [1.29, 1.82) is 0 Å². The highest BCUT2D eigenvalue weighted by Crippen LogP contribution is 2.28. The van der Waals surface area contributed by atoms with E-state index < -0.39 is 0 Å². The molecule has 1 aliphatic rings. The maximum atomic E-state index is 11.1. The second-order valence-corrected chi connectivity index (χ2v) is 2.66. The van der Waals surface area contributed by atoms with Gasteiger partial charge in [-0.2, -0.15) is 0 Å². The lowest BCUT2D eigenvalue weighted by Crippen LogP contribution is -2.05. The van der Waals surface area contributed by atoms with Crippen LogP contribution in [0.15, 0.2) is 11.8 Å². The van der Waals surface area contributed by atoms with Gasteiger partial charge in [-0.05, 0) is 19.3 Å². The number of carbonyl (C=O) groups excluding carboxylic acids is 1. The molecule has 1 N–H and O–H groups in total. The predicted octanol–water partition coefficient (Wildman–Crippen LogP) is 1.82. The Morgan fingerprint density at radius 2 is 2.50 bits per heavy atom. The van der Waals surface area contributed by atoms with Crippen LogP contribution in [0.3, 0.4) is 0 Å². The first-order chi connectivity index (χ1) is 4.79. The van der Waals surface area contributed by atoms with Gasteiger partial charge in [-0.25, -0.2) is 0 Å². The number of ketones is 1. The number of allylic oxidation sites excluding steroid dienone is 1. The van der Waals surface area contributed by atoms with Gasteiger partial charge in [-0.15, -0.1) is 0 Å². The van der Waals surface area contributed by atoms with Crippen LogP contribution in [-0.2, 0) is 4.79 Å². The Morgan fingerprint density at radius 3 is 2.80 bits per heavy atom. The number of rotatable bonds is 1. The Morgan fingerprint density at radius 1 is 1.80 bits per heavy atom. The fourth-order valence-electron chi connectivity index (χ4n) is 1.36. The number of carbonyl (C=O) groups is 1. The van der Waals surface area contributed by atoms with Crippen LogP contribution in [0.25, 0.3) is 0 Å². The molecule has 1 atom stereocenters. The molecule has 56 valence electrons. The van der Waals surface area contributed by atoms with E-state index in [1.54, 1.807) is 0 Å². The number of Topliss-reactive ketones (excluding diaryl/α,β-unsaturated/α-hetero) is 1. The zero-order valence-electron chi connectivity index (χ0n) is 6.13. The molecule has 0 aromatic carbocycles. The van der Waals surface area contributed by atoms with Gasteiger partial charge in [-0.1, -0.05) is 6.92 Å². The molecule has 1 fully saturated rings. The smallest absolute Gasteiger partial charge is 0.164 e. The van der Waals surface area contributed by atoms with Crippen molar-refractivity contribution in [2.75, 3.05) is 0 Å². The molecule has 2 nitrogen and oxygen atoms in total. The average Bonchev–Trinajstić information content (AvgIpc) is 2.30. The highest BCUT2D eigenvalue weighted by atomic mass is 16.2. The van der Waals surface area contributed by atoms with Crippen LogP contribution < -0.4 is 0 Å². The number of aliphatic hydroxyl groups excluding tert-OH is 1. The van der Waals surface area contributed by atoms with Crippen LogP contribution in [-0.4, -0.2) is 10.9 Å². The standard InChI is InChI=1S/C8H12O2/c1-2-6-3-4-7(5-9)8(6)10/h5-6,9H,2-4H2,1H3. The summed E-state index contributed by atoms with van der Waals surface area (Å²) in [7, 11) is 0. The molecule has 0 bridgehead atoms. The Balaban J connectivity index is 2.67. The fourth-order valence-corrected chi connectivity index (χ4v) is 1.36. The van der Waals surface area contributed by atoms with Crippen molar-refractivity contribution < 1.29 is 9.90 Å². The summed E-state index contributed by atoms with van der Waals surface area (Å²) in [5.74, 6) is 0.323. The summed E-state index contributed by atoms with van der Waals surface area (Å²) >= 11 is 0. The van der Waals surface area contributed by atoms with Crippen molar-refractivity contribution in [3.05, 3.63) is 11.8 Å². The molecule has 2 heteroatoms. The zero-order chi connectivity index (χ0) is 7.56. The molecule has 0 radical (unpaired) electrons. The lowest BCUT2D eigenvalue weighted by molar-refractivity contribution is -0.117. The van der Waals surface area contributed by atoms with Gasteiger partial charge < -0.3 is 5.11 Å². The maximum absolute atomic E-state index is 11.1. The van der Waals surface area contributed by atoms with E-state index in [4.69, 9.17) is 5.11 Å². The van der Waals surface area contributed by atoms with Gasteiger partial charge in [0.1, 0.15) is 0 Å². The molecule has 0 spiro atoms. The van der Waals surface area contributed by atoms with Gasteiger partial charge in [0, 0.05) is 11.5 Å². The second-order valence-electron chi connectivity index (χ2n) is 2.66. The predicted molar refractivity (Wildman–Crippen MR) is 38.7 cm³/mol. The minimum Gasteiger partial charge on any atom is -0.515 e. The molecular weight excluding hydrogens is 128 g/mol. The topological polar surface area (TPSA) is 37.3 Å². The summed E-state index contributed by atoms with van der Waals surface area (Å²) in [5, 5.41) is 8.57. The summed E-state index contributed by atoms with van der Waals surface area (Å²) in [5.41, 5.74) is 0.604. The van der Waals surface area contributed by atoms with E-state index in [2.05, 4.69) is 0 Å². The van der Waals surface area contributed by atoms with E-state index >= 15 is 0 Å². The van der Waals surface area contributed by atoms with Crippen LogP contribution in [0.1, 0.15) is 26.2 Å². The first kappa shape index (κ1) is 7.32. The van der Waals surface area contributed by atoms with E-state index in [-0.39, 0.29) is 11.7 Å². The normalized spacial score (nSPS) is 29.9. The minimum absolute atomic E-state index is 0.144. The molecule has 10 heavy (non-hydrogen) atoms. The summed E-state index contributed by atoms with van der Waals surface area (Å²) in [6, 6.07) is 0. The lowest BCUT2D eigenvalue weighted by atomic mass is 10.0. The Labute approximate surface area is 60.6 Å². The van der Waals surface area contributed by atoms with Gasteiger partial charge >= 0.3 is 0 Å². The van der Waals surface area contributed by atoms with E-state index in [9.17, 15) is 4.79 Å². The first-order valence-corrected chi connectivity index (χ1v) is 3.67.